The highest BCUT2D eigenvalue weighted by Crippen LogP contribution is 2.35. The number of rotatable bonds is 1. The van der Waals surface area contributed by atoms with Gasteiger partial charge in [-0.05, 0) is 45.7 Å². The molecule has 1 aliphatic rings. The summed E-state index contributed by atoms with van der Waals surface area (Å²) in [6, 6.07) is 15.6. The molecular formula is C18H17N. The molecule has 1 aliphatic heterocycles. The largest absolute Gasteiger partial charge is 0.381 e. The Hall–Kier alpha value is -2.02. The first-order valence-electron chi connectivity index (χ1n) is 6.95. The van der Waals surface area contributed by atoms with Crippen LogP contribution in [0, 0.1) is 0 Å². The third-order valence-electron chi connectivity index (χ3n) is 4.66. The van der Waals surface area contributed by atoms with Crippen molar-refractivity contribution in [2.24, 2.45) is 0 Å². The second-order valence-corrected chi connectivity index (χ2v) is 5.70. The van der Waals surface area contributed by atoms with Crippen LogP contribution in [0.3, 0.4) is 0 Å². The van der Waals surface area contributed by atoms with E-state index in [1.165, 1.54) is 32.3 Å². The lowest BCUT2D eigenvalue weighted by Gasteiger charge is -2.34. The Labute approximate surface area is 112 Å². The highest BCUT2D eigenvalue weighted by atomic mass is 14.9. The summed E-state index contributed by atoms with van der Waals surface area (Å²) in [7, 11) is 0. The van der Waals surface area contributed by atoms with Gasteiger partial charge >= 0.3 is 0 Å². The van der Waals surface area contributed by atoms with Crippen LogP contribution >= 0.6 is 0 Å². The molecule has 0 radical (unpaired) electrons. The Morgan fingerprint density at radius 3 is 2.42 bits per heavy atom. The molecule has 1 heteroatoms. The van der Waals surface area contributed by atoms with E-state index in [1.54, 1.807) is 0 Å². The van der Waals surface area contributed by atoms with Crippen LogP contribution in [0.2, 0.25) is 0 Å². The molecule has 1 nitrogen and oxygen atoms in total. The molecule has 0 saturated carbocycles. The average molecular weight is 247 g/mol. The molecule has 0 saturated heterocycles. The minimum atomic E-state index is 0.0469. The maximum Gasteiger partial charge on any atom is 0.0595 e. The van der Waals surface area contributed by atoms with Crippen molar-refractivity contribution in [3.8, 4) is 0 Å². The van der Waals surface area contributed by atoms with Gasteiger partial charge < -0.3 is 5.32 Å². The Balaban J connectivity index is 2.30. The van der Waals surface area contributed by atoms with Gasteiger partial charge in [0, 0.05) is 6.20 Å². The van der Waals surface area contributed by atoms with Gasteiger partial charge in [-0.2, -0.15) is 0 Å². The van der Waals surface area contributed by atoms with Gasteiger partial charge in [0.05, 0.1) is 5.54 Å². The SMILES string of the molecule is CCC1(C)NC=c2ccc3cccc4ccc1c2c43. The predicted octanol–water partition coefficient (Wildman–Crippen LogP) is 3.68. The lowest BCUT2D eigenvalue weighted by Crippen LogP contribution is -2.40. The molecular weight excluding hydrogens is 230 g/mol. The third kappa shape index (κ3) is 1.30. The lowest BCUT2D eigenvalue weighted by molar-refractivity contribution is 0.417. The Kier molecular flexibility index (Phi) is 2.00. The number of benzene rings is 3. The first-order chi connectivity index (χ1) is 9.23. The molecule has 3 aromatic rings. The molecule has 3 aromatic carbocycles. The summed E-state index contributed by atoms with van der Waals surface area (Å²) >= 11 is 0. The van der Waals surface area contributed by atoms with E-state index < -0.39 is 0 Å². The second kappa shape index (κ2) is 3.51. The smallest absolute Gasteiger partial charge is 0.0595 e. The topological polar surface area (TPSA) is 12.0 Å². The number of hydrogen-bond donors (Lipinski definition) is 1. The zero-order valence-electron chi connectivity index (χ0n) is 11.3. The fourth-order valence-electron chi connectivity index (χ4n) is 3.30. The van der Waals surface area contributed by atoms with Gasteiger partial charge in [0.1, 0.15) is 0 Å². The molecule has 94 valence electrons. The van der Waals surface area contributed by atoms with Crippen LogP contribution in [0.5, 0.6) is 0 Å². The zero-order valence-corrected chi connectivity index (χ0v) is 11.3. The van der Waals surface area contributed by atoms with Crippen LogP contribution in [0.4, 0.5) is 0 Å². The van der Waals surface area contributed by atoms with Gasteiger partial charge in [-0.15, -0.1) is 0 Å². The van der Waals surface area contributed by atoms with Crippen LogP contribution in [-0.4, -0.2) is 0 Å². The Morgan fingerprint density at radius 1 is 0.947 bits per heavy atom. The van der Waals surface area contributed by atoms with Crippen molar-refractivity contribution in [1.82, 2.24) is 5.32 Å². The van der Waals surface area contributed by atoms with E-state index in [4.69, 9.17) is 0 Å². The van der Waals surface area contributed by atoms with Crippen LogP contribution in [0.15, 0.2) is 42.5 Å². The quantitative estimate of drug-likeness (QED) is 0.691. The normalized spacial score (nSPS) is 21.4. The highest BCUT2D eigenvalue weighted by molar-refractivity contribution is 6.12. The maximum absolute atomic E-state index is 3.58. The summed E-state index contributed by atoms with van der Waals surface area (Å²) in [5, 5.41) is 10.4. The van der Waals surface area contributed by atoms with Gasteiger partial charge in [0.15, 0.2) is 0 Å². The molecule has 1 N–H and O–H groups in total. The first-order valence-corrected chi connectivity index (χ1v) is 6.95. The molecule has 19 heavy (non-hydrogen) atoms. The minimum absolute atomic E-state index is 0.0469. The van der Waals surface area contributed by atoms with E-state index in [1.807, 2.05) is 0 Å². The Bertz CT molecular complexity index is 831. The van der Waals surface area contributed by atoms with E-state index in [0.29, 0.717) is 0 Å². The molecule has 0 amide bonds. The summed E-state index contributed by atoms with van der Waals surface area (Å²) in [5.74, 6) is 0. The second-order valence-electron chi connectivity index (χ2n) is 5.70. The molecule has 0 fully saturated rings. The minimum Gasteiger partial charge on any atom is -0.381 e. The predicted molar refractivity (Wildman–Crippen MR) is 81.9 cm³/mol. The highest BCUT2D eigenvalue weighted by Gasteiger charge is 2.28. The van der Waals surface area contributed by atoms with Gasteiger partial charge in [0.2, 0.25) is 0 Å². The monoisotopic (exact) mass is 247 g/mol. The summed E-state index contributed by atoms with van der Waals surface area (Å²) in [6.07, 6.45) is 3.26. The number of hydrogen-bond acceptors (Lipinski definition) is 1. The lowest BCUT2D eigenvalue weighted by atomic mass is 9.82. The summed E-state index contributed by atoms with van der Waals surface area (Å²) < 4.78 is 0. The van der Waals surface area contributed by atoms with Crippen molar-refractivity contribution in [1.29, 1.82) is 0 Å². The molecule has 1 unspecified atom stereocenters. The summed E-state index contributed by atoms with van der Waals surface area (Å²) in [4.78, 5) is 0. The zero-order chi connectivity index (χ0) is 13.0. The van der Waals surface area contributed by atoms with Crippen molar-refractivity contribution in [2.45, 2.75) is 25.8 Å². The number of nitrogens with one attached hydrogen (secondary N) is 1. The molecule has 0 bridgehead atoms. The van der Waals surface area contributed by atoms with E-state index in [-0.39, 0.29) is 5.54 Å². The van der Waals surface area contributed by atoms with Gasteiger partial charge in [0.25, 0.3) is 0 Å². The van der Waals surface area contributed by atoms with E-state index in [2.05, 4.69) is 67.8 Å². The van der Waals surface area contributed by atoms with Crippen LogP contribution < -0.4 is 10.5 Å². The molecule has 0 spiro atoms. The fourth-order valence-corrected chi connectivity index (χ4v) is 3.30. The molecule has 1 atom stereocenters. The van der Waals surface area contributed by atoms with Crippen LogP contribution in [0.25, 0.3) is 27.7 Å². The first kappa shape index (κ1) is 10.9. The van der Waals surface area contributed by atoms with Crippen molar-refractivity contribution < 1.29 is 0 Å². The molecule has 4 rings (SSSR count). The average Bonchev–Trinajstić information content (AvgIpc) is 2.47. The summed E-state index contributed by atoms with van der Waals surface area (Å²) in [5.41, 5.74) is 1.47. The molecule has 0 aliphatic carbocycles. The molecule has 0 aromatic heterocycles. The standard InChI is InChI=1S/C18H17N/c1-3-18(2)15-10-9-13-6-4-5-12-7-8-14(11-19-18)17(15)16(12)13/h4-11,19H,3H2,1-2H3. The van der Waals surface area contributed by atoms with Crippen molar-refractivity contribution in [2.75, 3.05) is 0 Å². The van der Waals surface area contributed by atoms with Gasteiger partial charge in [-0.25, -0.2) is 0 Å². The van der Waals surface area contributed by atoms with Gasteiger partial charge in [-0.1, -0.05) is 49.4 Å². The van der Waals surface area contributed by atoms with Gasteiger partial charge in [-0.3, -0.25) is 0 Å². The fraction of sp³-hybridized carbons (Fsp3) is 0.222. The molecule has 1 heterocycles. The third-order valence-corrected chi connectivity index (χ3v) is 4.66. The van der Waals surface area contributed by atoms with Crippen LogP contribution in [0.1, 0.15) is 25.8 Å². The van der Waals surface area contributed by atoms with E-state index >= 15 is 0 Å². The van der Waals surface area contributed by atoms with Crippen molar-refractivity contribution in [3.05, 3.63) is 53.2 Å². The van der Waals surface area contributed by atoms with Crippen LogP contribution in [-0.2, 0) is 5.54 Å². The Morgan fingerprint density at radius 2 is 1.68 bits per heavy atom. The summed E-state index contributed by atoms with van der Waals surface area (Å²) in [6.45, 7) is 4.53. The van der Waals surface area contributed by atoms with E-state index in [0.717, 1.165) is 6.42 Å². The van der Waals surface area contributed by atoms with Crippen molar-refractivity contribution >= 4 is 27.7 Å². The van der Waals surface area contributed by atoms with E-state index in [9.17, 15) is 0 Å². The maximum atomic E-state index is 3.58. The van der Waals surface area contributed by atoms with Crippen molar-refractivity contribution in [3.63, 3.8) is 0 Å².